The van der Waals surface area contributed by atoms with Gasteiger partial charge >= 0.3 is 0 Å². The van der Waals surface area contributed by atoms with Crippen molar-refractivity contribution in [3.63, 3.8) is 0 Å². The third-order valence-electron chi connectivity index (χ3n) is 5.93. The van der Waals surface area contributed by atoms with Crippen LogP contribution in [0, 0.1) is 23.2 Å². The second-order valence-corrected chi connectivity index (χ2v) is 7.76. The molecule has 2 N–H and O–H groups in total. The Morgan fingerprint density at radius 2 is 1.75 bits per heavy atom. The molecular weight excluding hydrogens is 302 g/mol. The standard InChI is InChI=1S/C19H23N3O2/c23-17(4-3-13-2-1-5-20-12-13)21-22-18(24)19-9-14-6-15(10-19)8-16(7-14)11-19/h1-5,12,14-16H,6-11H2,(H,21,23)(H,22,24). The average molecular weight is 325 g/mol. The number of hydrogen-bond acceptors (Lipinski definition) is 3. The minimum absolute atomic E-state index is 0.00438. The Labute approximate surface area is 141 Å². The van der Waals surface area contributed by atoms with Gasteiger partial charge in [0.1, 0.15) is 0 Å². The number of pyridine rings is 1. The van der Waals surface area contributed by atoms with Crippen LogP contribution in [0.4, 0.5) is 0 Å². The van der Waals surface area contributed by atoms with Gasteiger partial charge in [-0.3, -0.25) is 25.4 Å². The van der Waals surface area contributed by atoms with Gasteiger partial charge in [0.2, 0.25) is 5.91 Å². The SMILES string of the molecule is O=C(C=Cc1cccnc1)NNC(=O)C12CC3CC(CC(C3)C1)C2. The van der Waals surface area contributed by atoms with Crippen molar-refractivity contribution in [3.05, 3.63) is 36.2 Å². The third-order valence-corrected chi connectivity index (χ3v) is 5.93. The highest BCUT2D eigenvalue weighted by molar-refractivity contribution is 5.93. The number of amides is 2. The molecule has 1 aromatic rings. The lowest BCUT2D eigenvalue weighted by Crippen LogP contribution is -2.56. The van der Waals surface area contributed by atoms with Crippen LogP contribution in [0.2, 0.25) is 0 Å². The number of hydrazine groups is 1. The largest absolute Gasteiger partial charge is 0.273 e. The van der Waals surface area contributed by atoms with Crippen LogP contribution in [0.15, 0.2) is 30.6 Å². The lowest BCUT2D eigenvalue weighted by Gasteiger charge is -2.55. The van der Waals surface area contributed by atoms with Crippen LogP contribution < -0.4 is 10.9 Å². The van der Waals surface area contributed by atoms with Crippen molar-refractivity contribution in [2.45, 2.75) is 38.5 Å². The molecule has 1 heterocycles. The number of rotatable bonds is 3. The van der Waals surface area contributed by atoms with E-state index in [2.05, 4.69) is 15.8 Å². The zero-order valence-corrected chi connectivity index (χ0v) is 13.7. The molecule has 0 aromatic carbocycles. The molecule has 1 aromatic heterocycles. The average Bonchev–Trinajstić information content (AvgIpc) is 2.57. The van der Waals surface area contributed by atoms with E-state index in [1.807, 2.05) is 12.1 Å². The molecule has 4 fully saturated rings. The molecule has 0 spiro atoms. The summed E-state index contributed by atoms with van der Waals surface area (Å²) in [7, 11) is 0. The first-order valence-electron chi connectivity index (χ1n) is 8.81. The quantitative estimate of drug-likeness (QED) is 0.662. The van der Waals surface area contributed by atoms with Crippen LogP contribution in [0.5, 0.6) is 0 Å². The van der Waals surface area contributed by atoms with Crippen molar-refractivity contribution in [2.75, 3.05) is 0 Å². The number of carbonyl (C=O) groups is 2. The van der Waals surface area contributed by atoms with Gasteiger partial charge in [0, 0.05) is 18.5 Å². The minimum atomic E-state index is -0.322. The monoisotopic (exact) mass is 325 g/mol. The zero-order chi connectivity index (χ0) is 16.6. The molecule has 4 aliphatic carbocycles. The number of nitrogens with one attached hydrogen (secondary N) is 2. The summed E-state index contributed by atoms with van der Waals surface area (Å²) in [5.41, 5.74) is 5.81. The van der Waals surface area contributed by atoms with Gasteiger partial charge in [-0.05, 0) is 74.0 Å². The number of aromatic nitrogens is 1. The van der Waals surface area contributed by atoms with Crippen LogP contribution in [0.1, 0.15) is 44.1 Å². The topological polar surface area (TPSA) is 71.1 Å². The van der Waals surface area contributed by atoms with Gasteiger partial charge in [-0.15, -0.1) is 0 Å². The van der Waals surface area contributed by atoms with Crippen LogP contribution in [0.25, 0.3) is 6.08 Å². The van der Waals surface area contributed by atoms with E-state index in [0.717, 1.165) is 24.8 Å². The van der Waals surface area contributed by atoms with Crippen molar-refractivity contribution in [3.8, 4) is 0 Å². The first-order valence-corrected chi connectivity index (χ1v) is 8.81. The van der Waals surface area contributed by atoms with Crippen LogP contribution in [-0.4, -0.2) is 16.8 Å². The number of nitrogens with zero attached hydrogens (tertiary/aromatic N) is 1. The fraction of sp³-hybridized carbons (Fsp3) is 0.526. The lowest BCUT2D eigenvalue weighted by atomic mass is 9.49. The summed E-state index contributed by atoms with van der Waals surface area (Å²) in [5, 5.41) is 0. The van der Waals surface area contributed by atoms with Gasteiger partial charge in [-0.1, -0.05) is 6.07 Å². The molecule has 5 nitrogen and oxygen atoms in total. The Hall–Kier alpha value is -2.17. The molecule has 4 aliphatic rings. The molecule has 0 unspecified atom stereocenters. The molecule has 4 bridgehead atoms. The molecule has 5 rings (SSSR count). The summed E-state index contributed by atoms with van der Waals surface area (Å²) in [6, 6.07) is 3.68. The van der Waals surface area contributed by atoms with E-state index >= 15 is 0 Å². The van der Waals surface area contributed by atoms with Crippen molar-refractivity contribution in [2.24, 2.45) is 23.2 Å². The minimum Gasteiger partial charge on any atom is -0.273 e. The predicted molar refractivity (Wildman–Crippen MR) is 90.2 cm³/mol. The molecule has 0 radical (unpaired) electrons. The Morgan fingerprint density at radius 3 is 2.33 bits per heavy atom. The second kappa shape index (κ2) is 6.04. The van der Waals surface area contributed by atoms with E-state index in [1.165, 1.54) is 25.3 Å². The van der Waals surface area contributed by atoms with Gasteiger partial charge in [0.05, 0.1) is 5.41 Å². The summed E-state index contributed by atoms with van der Waals surface area (Å²) in [4.78, 5) is 28.6. The maximum absolute atomic E-state index is 12.7. The van der Waals surface area contributed by atoms with Crippen molar-refractivity contribution >= 4 is 17.9 Å². The number of hydrogen-bond donors (Lipinski definition) is 2. The molecular formula is C19H23N3O2. The highest BCUT2D eigenvalue weighted by Crippen LogP contribution is 2.59. The highest BCUT2D eigenvalue weighted by atomic mass is 16.2. The molecule has 2 amide bonds. The lowest BCUT2D eigenvalue weighted by molar-refractivity contribution is -0.148. The zero-order valence-electron chi connectivity index (χ0n) is 13.7. The molecule has 5 heteroatoms. The Morgan fingerprint density at radius 1 is 1.08 bits per heavy atom. The number of carbonyl (C=O) groups excluding carboxylic acids is 2. The molecule has 126 valence electrons. The van der Waals surface area contributed by atoms with E-state index in [-0.39, 0.29) is 17.2 Å². The van der Waals surface area contributed by atoms with E-state index in [9.17, 15) is 9.59 Å². The fourth-order valence-corrected chi connectivity index (χ4v) is 5.33. The van der Waals surface area contributed by atoms with Crippen LogP contribution >= 0.6 is 0 Å². The maximum Gasteiger partial charge on any atom is 0.262 e. The summed E-state index contributed by atoms with van der Waals surface area (Å²) in [6.07, 6.45) is 13.3. The normalized spacial score (nSPS) is 33.6. The van der Waals surface area contributed by atoms with E-state index in [4.69, 9.17) is 0 Å². The van der Waals surface area contributed by atoms with Gasteiger partial charge in [-0.2, -0.15) is 0 Å². The maximum atomic E-state index is 12.7. The molecule has 0 saturated heterocycles. The van der Waals surface area contributed by atoms with Gasteiger partial charge in [0.25, 0.3) is 5.91 Å². The first kappa shape index (κ1) is 15.4. The first-order chi connectivity index (χ1) is 11.6. The molecule has 24 heavy (non-hydrogen) atoms. The van der Waals surface area contributed by atoms with Crippen molar-refractivity contribution < 1.29 is 9.59 Å². The van der Waals surface area contributed by atoms with Gasteiger partial charge in [-0.25, -0.2) is 0 Å². The third kappa shape index (κ3) is 2.95. The molecule has 4 saturated carbocycles. The summed E-state index contributed by atoms with van der Waals surface area (Å²) >= 11 is 0. The van der Waals surface area contributed by atoms with E-state index in [1.54, 1.807) is 18.5 Å². The Bertz CT molecular complexity index is 633. The van der Waals surface area contributed by atoms with Crippen molar-refractivity contribution in [1.29, 1.82) is 0 Å². The summed E-state index contributed by atoms with van der Waals surface area (Å²) < 4.78 is 0. The predicted octanol–water partition coefficient (Wildman–Crippen LogP) is 2.46. The van der Waals surface area contributed by atoms with E-state index < -0.39 is 0 Å². The smallest absolute Gasteiger partial charge is 0.262 e. The van der Waals surface area contributed by atoms with Crippen LogP contribution in [0.3, 0.4) is 0 Å². The van der Waals surface area contributed by atoms with Gasteiger partial charge in [0.15, 0.2) is 0 Å². The van der Waals surface area contributed by atoms with Gasteiger partial charge < -0.3 is 0 Å². The Balaban J connectivity index is 1.33. The second-order valence-electron chi connectivity index (χ2n) is 7.76. The Kier molecular flexibility index (Phi) is 3.87. The highest BCUT2D eigenvalue weighted by Gasteiger charge is 2.54. The molecule has 0 aliphatic heterocycles. The van der Waals surface area contributed by atoms with Crippen molar-refractivity contribution in [1.82, 2.24) is 15.8 Å². The van der Waals surface area contributed by atoms with E-state index in [0.29, 0.717) is 17.8 Å². The van der Waals surface area contributed by atoms with Crippen LogP contribution in [-0.2, 0) is 9.59 Å². The molecule has 0 atom stereocenters. The fourth-order valence-electron chi connectivity index (χ4n) is 5.33. The summed E-state index contributed by atoms with van der Waals surface area (Å²) in [6.45, 7) is 0. The summed E-state index contributed by atoms with van der Waals surface area (Å²) in [5.74, 6) is 1.82.